The highest BCUT2D eigenvalue weighted by molar-refractivity contribution is 7.09. The number of benzene rings is 1. The number of rotatable bonds is 5. The van der Waals surface area contributed by atoms with E-state index in [9.17, 15) is 4.79 Å². The molecule has 0 aliphatic heterocycles. The predicted molar refractivity (Wildman–Crippen MR) is 80.0 cm³/mol. The van der Waals surface area contributed by atoms with Crippen LogP contribution in [0.4, 0.5) is 5.69 Å². The summed E-state index contributed by atoms with van der Waals surface area (Å²) in [6.07, 6.45) is 2.50. The van der Waals surface area contributed by atoms with Crippen LogP contribution in [-0.2, 0) is 0 Å². The SMILES string of the molecule is CCC(NC(=O)c1cccc(OC)c1N)c1nccs1. The summed E-state index contributed by atoms with van der Waals surface area (Å²) in [5.41, 5.74) is 6.70. The maximum absolute atomic E-state index is 12.3. The van der Waals surface area contributed by atoms with Crippen molar-refractivity contribution in [1.29, 1.82) is 0 Å². The first-order valence-electron chi connectivity index (χ1n) is 6.30. The number of nitrogens with one attached hydrogen (secondary N) is 1. The van der Waals surface area contributed by atoms with Crippen molar-refractivity contribution in [2.75, 3.05) is 12.8 Å². The van der Waals surface area contributed by atoms with Gasteiger partial charge in [0.05, 0.1) is 24.4 Å². The van der Waals surface area contributed by atoms with Gasteiger partial charge in [-0.05, 0) is 18.6 Å². The number of thiazole rings is 1. The van der Waals surface area contributed by atoms with E-state index < -0.39 is 0 Å². The smallest absolute Gasteiger partial charge is 0.254 e. The van der Waals surface area contributed by atoms with Gasteiger partial charge in [-0.15, -0.1) is 11.3 Å². The molecule has 0 aliphatic rings. The lowest BCUT2D eigenvalue weighted by molar-refractivity contribution is 0.0936. The maximum atomic E-state index is 12.3. The molecule has 106 valence electrons. The Labute approximate surface area is 121 Å². The Bertz CT molecular complexity index is 584. The maximum Gasteiger partial charge on any atom is 0.254 e. The van der Waals surface area contributed by atoms with Crippen LogP contribution < -0.4 is 15.8 Å². The van der Waals surface area contributed by atoms with Crippen LogP contribution in [-0.4, -0.2) is 18.0 Å². The summed E-state index contributed by atoms with van der Waals surface area (Å²) >= 11 is 1.52. The monoisotopic (exact) mass is 291 g/mol. The zero-order valence-electron chi connectivity index (χ0n) is 11.4. The van der Waals surface area contributed by atoms with Gasteiger partial charge in [0.2, 0.25) is 0 Å². The van der Waals surface area contributed by atoms with Gasteiger partial charge < -0.3 is 15.8 Å². The zero-order valence-corrected chi connectivity index (χ0v) is 12.2. The second kappa shape index (κ2) is 6.38. The molecule has 2 rings (SSSR count). The highest BCUT2D eigenvalue weighted by Crippen LogP contribution is 2.26. The van der Waals surface area contributed by atoms with Gasteiger partial charge in [0.25, 0.3) is 5.91 Å². The van der Waals surface area contributed by atoms with E-state index in [0.29, 0.717) is 17.0 Å². The van der Waals surface area contributed by atoms with Crippen molar-refractivity contribution in [1.82, 2.24) is 10.3 Å². The van der Waals surface area contributed by atoms with E-state index in [1.807, 2.05) is 12.3 Å². The van der Waals surface area contributed by atoms with Crippen LogP contribution in [0.25, 0.3) is 0 Å². The quantitative estimate of drug-likeness (QED) is 0.830. The topological polar surface area (TPSA) is 77.2 Å². The average Bonchev–Trinajstić information content (AvgIpc) is 2.98. The molecule has 0 saturated heterocycles. The van der Waals surface area contributed by atoms with E-state index in [2.05, 4.69) is 10.3 Å². The van der Waals surface area contributed by atoms with Crippen molar-refractivity contribution < 1.29 is 9.53 Å². The molecular formula is C14H17N3O2S. The van der Waals surface area contributed by atoms with Gasteiger partial charge in [0.1, 0.15) is 10.8 Å². The normalized spacial score (nSPS) is 11.9. The van der Waals surface area contributed by atoms with Crippen LogP contribution in [0.2, 0.25) is 0 Å². The lowest BCUT2D eigenvalue weighted by atomic mass is 10.1. The Balaban J connectivity index is 2.19. The van der Waals surface area contributed by atoms with Gasteiger partial charge in [0.15, 0.2) is 0 Å². The minimum atomic E-state index is -0.219. The molecular weight excluding hydrogens is 274 g/mol. The highest BCUT2D eigenvalue weighted by atomic mass is 32.1. The number of anilines is 1. The molecule has 0 fully saturated rings. The first kappa shape index (κ1) is 14.3. The third kappa shape index (κ3) is 2.91. The Hall–Kier alpha value is -2.08. The number of methoxy groups -OCH3 is 1. The standard InChI is InChI=1S/C14H17N3O2S/c1-3-10(14-16-7-8-20-14)17-13(18)9-5-4-6-11(19-2)12(9)15/h4-8,10H,3,15H2,1-2H3,(H,17,18). The Morgan fingerprint density at radius 1 is 1.55 bits per heavy atom. The number of nitrogens with zero attached hydrogens (tertiary/aromatic N) is 1. The van der Waals surface area contributed by atoms with Gasteiger partial charge in [0, 0.05) is 11.6 Å². The van der Waals surface area contributed by atoms with Crippen LogP contribution >= 0.6 is 11.3 Å². The molecule has 1 aromatic carbocycles. The number of carbonyl (C=O) groups is 1. The largest absolute Gasteiger partial charge is 0.495 e. The molecule has 3 N–H and O–H groups in total. The third-order valence-electron chi connectivity index (χ3n) is 2.99. The summed E-state index contributed by atoms with van der Waals surface area (Å²) in [6.45, 7) is 2.00. The van der Waals surface area contributed by atoms with E-state index in [0.717, 1.165) is 11.4 Å². The molecule has 0 spiro atoms. The summed E-state index contributed by atoms with van der Waals surface area (Å²) in [4.78, 5) is 16.6. The minimum Gasteiger partial charge on any atom is -0.495 e. The Morgan fingerprint density at radius 2 is 2.35 bits per heavy atom. The number of nitrogens with two attached hydrogens (primary N) is 1. The summed E-state index contributed by atoms with van der Waals surface area (Å²) in [5, 5.41) is 5.73. The van der Waals surface area contributed by atoms with Gasteiger partial charge in [-0.3, -0.25) is 4.79 Å². The average molecular weight is 291 g/mol. The lowest BCUT2D eigenvalue weighted by Gasteiger charge is -2.16. The van der Waals surface area contributed by atoms with Crippen LogP contribution in [0.5, 0.6) is 5.75 Å². The summed E-state index contributed by atoms with van der Waals surface area (Å²) < 4.78 is 5.12. The molecule has 0 radical (unpaired) electrons. The number of carbonyl (C=O) groups excluding carboxylic acids is 1. The van der Waals surface area contributed by atoms with Crippen molar-refractivity contribution in [3.8, 4) is 5.75 Å². The molecule has 6 heteroatoms. The van der Waals surface area contributed by atoms with E-state index in [4.69, 9.17) is 10.5 Å². The van der Waals surface area contributed by atoms with E-state index in [-0.39, 0.29) is 11.9 Å². The lowest BCUT2D eigenvalue weighted by Crippen LogP contribution is -2.28. The van der Waals surface area contributed by atoms with Gasteiger partial charge in [-0.2, -0.15) is 0 Å². The second-order valence-corrected chi connectivity index (χ2v) is 5.15. The van der Waals surface area contributed by atoms with Gasteiger partial charge in [-0.25, -0.2) is 4.98 Å². The summed E-state index contributed by atoms with van der Waals surface area (Å²) in [5.74, 6) is 0.281. The van der Waals surface area contributed by atoms with Crippen molar-refractivity contribution in [2.45, 2.75) is 19.4 Å². The molecule has 20 heavy (non-hydrogen) atoms. The fourth-order valence-corrected chi connectivity index (χ4v) is 2.67. The van der Waals surface area contributed by atoms with Gasteiger partial charge >= 0.3 is 0 Å². The number of para-hydroxylation sites is 1. The number of amides is 1. The van der Waals surface area contributed by atoms with Crippen LogP contribution in [0, 0.1) is 0 Å². The van der Waals surface area contributed by atoms with Crippen LogP contribution in [0.15, 0.2) is 29.8 Å². The third-order valence-corrected chi connectivity index (χ3v) is 3.88. The zero-order chi connectivity index (χ0) is 14.5. The van der Waals surface area contributed by atoms with Crippen LogP contribution in [0.1, 0.15) is 34.8 Å². The molecule has 1 amide bonds. The fourth-order valence-electron chi connectivity index (χ4n) is 1.90. The number of ether oxygens (including phenoxy) is 1. The van der Waals surface area contributed by atoms with Crippen molar-refractivity contribution >= 4 is 22.9 Å². The molecule has 2 aromatic rings. The molecule has 1 unspecified atom stereocenters. The molecule has 5 nitrogen and oxygen atoms in total. The Morgan fingerprint density at radius 3 is 2.95 bits per heavy atom. The predicted octanol–water partition coefficient (Wildman–Crippen LogP) is 2.62. The number of hydrogen-bond acceptors (Lipinski definition) is 5. The first-order valence-corrected chi connectivity index (χ1v) is 7.18. The molecule has 1 atom stereocenters. The molecule has 0 bridgehead atoms. The van der Waals surface area contributed by atoms with Crippen molar-refractivity contribution in [2.24, 2.45) is 0 Å². The number of hydrogen-bond donors (Lipinski definition) is 2. The minimum absolute atomic E-state index is 0.104. The first-order chi connectivity index (χ1) is 9.67. The number of aromatic nitrogens is 1. The fraction of sp³-hybridized carbons (Fsp3) is 0.286. The summed E-state index contributed by atoms with van der Waals surface area (Å²) in [6, 6.07) is 5.05. The summed E-state index contributed by atoms with van der Waals surface area (Å²) in [7, 11) is 1.53. The van der Waals surface area contributed by atoms with E-state index in [1.165, 1.54) is 18.4 Å². The van der Waals surface area contributed by atoms with Crippen molar-refractivity contribution in [3.05, 3.63) is 40.3 Å². The van der Waals surface area contributed by atoms with E-state index >= 15 is 0 Å². The molecule has 0 saturated carbocycles. The van der Waals surface area contributed by atoms with E-state index in [1.54, 1.807) is 24.4 Å². The molecule has 0 aliphatic carbocycles. The van der Waals surface area contributed by atoms with Crippen molar-refractivity contribution in [3.63, 3.8) is 0 Å². The second-order valence-electron chi connectivity index (χ2n) is 4.23. The van der Waals surface area contributed by atoms with Gasteiger partial charge in [-0.1, -0.05) is 13.0 Å². The molecule has 1 heterocycles. The highest BCUT2D eigenvalue weighted by Gasteiger charge is 2.18. The number of nitrogen functional groups attached to an aromatic ring is 1. The molecule has 1 aromatic heterocycles. The Kier molecular flexibility index (Phi) is 4.57. The van der Waals surface area contributed by atoms with Crippen LogP contribution in [0.3, 0.4) is 0 Å².